The monoisotopic (exact) mass is 252 g/mol. The molecule has 2 aromatic heterocycles. The van der Waals surface area contributed by atoms with E-state index in [1.807, 2.05) is 0 Å². The molecule has 1 saturated heterocycles. The molecule has 90 valence electrons. The summed E-state index contributed by atoms with van der Waals surface area (Å²) >= 11 is 5.86. The highest BCUT2D eigenvalue weighted by atomic mass is 35.5. The first-order chi connectivity index (χ1) is 8.33. The number of aromatic nitrogens is 4. The molecule has 6 nitrogen and oxygen atoms in total. The van der Waals surface area contributed by atoms with Crippen molar-refractivity contribution >= 4 is 28.6 Å². The molecule has 7 heteroatoms. The van der Waals surface area contributed by atoms with E-state index in [1.165, 1.54) is 19.3 Å². The molecule has 3 heterocycles. The van der Waals surface area contributed by atoms with Gasteiger partial charge in [-0.15, -0.1) is 0 Å². The Balaban J connectivity index is 1.90. The Bertz CT molecular complexity index is 518. The molecule has 0 saturated carbocycles. The van der Waals surface area contributed by atoms with Gasteiger partial charge >= 0.3 is 0 Å². The number of halogens is 1. The van der Waals surface area contributed by atoms with E-state index in [-0.39, 0.29) is 5.28 Å². The van der Waals surface area contributed by atoms with Crippen LogP contribution in [0.4, 0.5) is 5.82 Å². The third-order valence-electron chi connectivity index (χ3n) is 2.88. The van der Waals surface area contributed by atoms with Gasteiger partial charge in [-0.05, 0) is 24.4 Å². The summed E-state index contributed by atoms with van der Waals surface area (Å²) < 4.78 is 0. The molecular formula is C10H13ClN6. The zero-order valence-electron chi connectivity index (χ0n) is 9.28. The van der Waals surface area contributed by atoms with Crippen LogP contribution in [0.1, 0.15) is 19.3 Å². The first-order valence-electron chi connectivity index (χ1n) is 5.71. The van der Waals surface area contributed by atoms with Crippen molar-refractivity contribution in [2.24, 2.45) is 0 Å². The fourth-order valence-electron chi connectivity index (χ4n) is 2.04. The van der Waals surface area contributed by atoms with Crippen molar-refractivity contribution < 1.29 is 0 Å². The maximum atomic E-state index is 5.86. The summed E-state index contributed by atoms with van der Waals surface area (Å²) in [6.07, 6.45) is 5.30. The van der Waals surface area contributed by atoms with Crippen LogP contribution in [0.3, 0.4) is 0 Å². The molecule has 0 radical (unpaired) electrons. The predicted octanol–water partition coefficient (Wildman–Crippen LogP) is 1.82. The minimum atomic E-state index is 0.212. The number of nitrogens with zero attached hydrogens (tertiary/aromatic N) is 4. The number of fused-ring (bicyclic) bond motifs is 1. The van der Waals surface area contributed by atoms with Gasteiger partial charge in [-0.3, -0.25) is 0 Å². The normalized spacial score (nSPS) is 17.5. The summed E-state index contributed by atoms with van der Waals surface area (Å²) in [5, 5.41) is 2.37. The van der Waals surface area contributed by atoms with E-state index in [0.29, 0.717) is 11.5 Å². The largest absolute Gasteiger partial charge is 0.340 e. The second-order valence-corrected chi connectivity index (χ2v) is 4.44. The topological polar surface area (TPSA) is 69.7 Å². The molecule has 0 spiro atoms. The van der Waals surface area contributed by atoms with Gasteiger partial charge in [0.05, 0.1) is 6.33 Å². The predicted molar refractivity (Wildman–Crippen MR) is 65.7 cm³/mol. The van der Waals surface area contributed by atoms with E-state index in [1.54, 1.807) is 6.33 Å². The average molecular weight is 253 g/mol. The van der Waals surface area contributed by atoms with Crippen LogP contribution in [0.25, 0.3) is 11.2 Å². The van der Waals surface area contributed by atoms with Crippen molar-refractivity contribution in [3.05, 3.63) is 11.6 Å². The molecule has 0 aromatic carbocycles. The summed E-state index contributed by atoms with van der Waals surface area (Å²) in [4.78, 5) is 15.3. The average Bonchev–Trinajstić information content (AvgIpc) is 2.78. The van der Waals surface area contributed by atoms with Crippen LogP contribution in [0.2, 0.25) is 5.28 Å². The standard InChI is InChI=1S/C10H13ClN6/c11-10-14-8-7(12-6-13-8)9(15-10)16-17-4-2-1-3-5-17/h6H,1-5H2,(H2,12,13,14,15,16). The van der Waals surface area contributed by atoms with Gasteiger partial charge in [0.25, 0.3) is 0 Å². The van der Waals surface area contributed by atoms with Crippen LogP contribution < -0.4 is 5.43 Å². The second-order valence-electron chi connectivity index (χ2n) is 4.10. The van der Waals surface area contributed by atoms with Crippen LogP contribution in [0.15, 0.2) is 6.33 Å². The van der Waals surface area contributed by atoms with Crippen molar-refractivity contribution in [2.45, 2.75) is 19.3 Å². The Labute approximate surface area is 103 Å². The molecule has 17 heavy (non-hydrogen) atoms. The van der Waals surface area contributed by atoms with Crippen molar-refractivity contribution in [3.8, 4) is 0 Å². The van der Waals surface area contributed by atoms with Gasteiger partial charge in [-0.25, -0.2) is 9.99 Å². The van der Waals surface area contributed by atoms with Gasteiger partial charge in [0, 0.05) is 13.1 Å². The summed E-state index contributed by atoms with van der Waals surface area (Å²) in [7, 11) is 0. The van der Waals surface area contributed by atoms with Gasteiger partial charge in [-0.1, -0.05) is 6.42 Å². The number of nitrogens with one attached hydrogen (secondary N) is 2. The maximum Gasteiger partial charge on any atom is 0.226 e. The molecule has 3 rings (SSSR count). The summed E-state index contributed by atoms with van der Waals surface area (Å²) in [6.45, 7) is 2.05. The minimum Gasteiger partial charge on any atom is -0.340 e. The van der Waals surface area contributed by atoms with Gasteiger partial charge in [-0.2, -0.15) is 9.97 Å². The Kier molecular flexibility index (Phi) is 2.82. The lowest BCUT2D eigenvalue weighted by atomic mass is 10.2. The lowest BCUT2D eigenvalue weighted by Gasteiger charge is -2.27. The third-order valence-corrected chi connectivity index (χ3v) is 3.05. The number of imidazole rings is 1. The maximum absolute atomic E-state index is 5.86. The smallest absolute Gasteiger partial charge is 0.226 e. The molecule has 2 N–H and O–H groups in total. The summed E-state index contributed by atoms with van der Waals surface area (Å²) in [5.74, 6) is 0.694. The fourth-order valence-corrected chi connectivity index (χ4v) is 2.21. The highest BCUT2D eigenvalue weighted by molar-refractivity contribution is 6.28. The molecule has 0 aliphatic carbocycles. The van der Waals surface area contributed by atoms with E-state index in [2.05, 4.69) is 30.4 Å². The lowest BCUT2D eigenvalue weighted by Crippen LogP contribution is -2.35. The molecule has 0 bridgehead atoms. The summed E-state index contributed by atoms with van der Waals surface area (Å²) in [6, 6.07) is 0. The van der Waals surface area contributed by atoms with E-state index < -0.39 is 0 Å². The Morgan fingerprint density at radius 3 is 2.88 bits per heavy atom. The molecule has 1 fully saturated rings. The van der Waals surface area contributed by atoms with Crippen LogP contribution >= 0.6 is 11.6 Å². The number of aromatic amines is 1. The van der Waals surface area contributed by atoms with Crippen LogP contribution in [0.5, 0.6) is 0 Å². The van der Waals surface area contributed by atoms with Crippen LogP contribution in [-0.4, -0.2) is 38.0 Å². The van der Waals surface area contributed by atoms with Gasteiger partial charge < -0.3 is 10.4 Å². The van der Waals surface area contributed by atoms with Crippen molar-refractivity contribution in [1.29, 1.82) is 0 Å². The van der Waals surface area contributed by atoms with E-state index in [0.717, 1.165) is 18.6 Å². The number of hydrazine groups is 1. The Hall–Kier alpha value is -1.40. The van der Waals surface area contributed by atoms with E-state index >= 15 is 0 Å². The number of H-pyrrole nitrogens is 1. The molecule has 0 amide bonds. The molecule has 1 aliphatic heterocycles. The lowest BCUT2D eigenvalue weighted by molar-refractivity contribution is 0.272. The summed E-state index contributed by atoms with van der Waals surface area (Å²) in [5.41, 5.74) is 4.66. The molecule has 0 unspecified atom stereocenters. The number of rotatable bonds is 2. The first-order valence-corrected chi connectivity index (χ1v) is 6.09. The van der Waals surface area contributed by atoms with E-state index in [9.17, 15) is 0 Å². The first kappa shape index (κ1) is 10.7. The fraction of sp³-hybridized carbons (Fsp3) is 0.500. The highest BCUT2D eigenvalue weighted by Gasteiger charge is 2.14. The highest BCUT2D eigenvalue weighted by Crippen LogP contribution is 2.20. The van der Waals surface area contributed by atoms with Crippen molar-refractivity contribution in [3.63, 3.8) is 0 Å². The van der Waals surface area contributed by atoms with Crippen LogP contribution in [-0.2, 0) is 0 Å². The van der Waals surface area contributed by atoms with Crippen molar-refractivity contribution in [1.82, 2.24) is 24.9 Å². The van der Waals surface area contributed by atoms with Gasteiger partial charge in [0.1, 0.15) is 5.52 Å². The Morgan fingerprint density at radius 1 is 1.24 bits per heavy atom. The zero-order chi connectivity index (χ0) is 11.7. The molecular weight excluding hydrogens is 240 g/mol. The number of anilines is 1. The quantitative estimate of drug-likeness (QED) is 0.798. The molecule has 0 atom stereocenters. The second kappa shape index (κ2) is 4.46. The SMILES string of the molecule is Clc1nc(NN2CCCCC2)c2[nH]cnc2n1. The van der Waals surface area contributed by atoms with E-state index in [4.69, 9.17) is 11.6 Å². The third kappa shape index (κ3) is 2.18. The zero-order valence-corrected chi connectivity index (χ0v) is 10.0. The van der Waals surface area contributed by atoms with Gasteiger partial charge in [0.15, 0.2) is 11.5 Å². The molecule has 1 aliphatic rings. The number of hydrogen-bond donors (Lipinski definition) is 2. The van der Waals surface area contributed by atoms with Gasteiger partial charge in [0.2, 0.25) is 5.28 Å². The molecule has 2 aromatic rings. The number of piperidine rings is 1. The minimum absolute atomic E-state index is 0.212. The number of hydrogen-bond acceptors (Lipinski definition) is 5. The van der Waals surface area contributed by atoms with Crippen LogP contribution in [0, 0.1) is 0 Å². The van der Waals surface area contributed by atoms with Crippen molar-refractivity contribution in [2.75, 3.05) is 18.5 Å². The Morgan fingerprint density at radius 2 is 2.06 bits per heavy atom.